The highest BCUT2D eigenvalue weighted by molar-refractivity contribution is 7.99. The van der Waals surface area contributed by atoms with Crippen LogP contribution in [0.4, 0.5) is 5.69 Å². The monoisotopic (exact) mass is 445 g/mol. The van der Waals surface area contributed by atoms with Gasteiger partial charge in [-0.15, -0.1) is 17.9 Å². The normalized spacial score (nSPS) is 10.8. The Kier molecular flexibility index (Phi) is 7.17. The fourth-order valence-electron chi connectivity index (χ4n) is 2.84. The van der Waals surface area contributed by atoms with Crippen LogP contribution in [-0.4, -0.2) is 35.4 Å². The molecule has 0 saturated heterocycles. The van der Waals surface area contributed by atoms with E-state index in [1.165, 1.54) is 30.2 Å². The van der Waals surface area contributed by atoms with E-state index in [0.29, 0.717) is 39.1 Å². The SMILES string of the molecule is C=CCn1c(SCC(=O)Nc2ccc(OC)cc2OC)nc2sc(CC)cc2c1=O. The predicted molar refractivity (Wildman–Crippen MR) is 122 cm³/mol. The van der Waals surface area contributed by atoms with Crippen LogP contribution < -0.4 is 20.3 Å². The van der Waals surface area contributed by atoms with Crippen LogP contribution in [0.2, 0.25) is 0 Å². The van der Waals surface area contributed by atoms with E-state index in [0.717, 1.165) is 11.3 Å². The van der Waals surface area contributed by atoms with E-state index in [1.54, 1.807) is 36.0 Å². The number of fused-ring (bicyclic) bond motifs is 1. The minimum Gasteiger partial charge on any atom is -0.497 e. The molecular formula is C21H23N3O4S2. The lowest BCUT2D eigenvalue weighted by atomic mass is 10.2. The number of nitrogens with zero attached hydrogens (tertiary/aromatic N) is 2. The summed E-state index contributed by atoms with van der Waals surface area (Å²) in [4.78, 5) is 31.8. The molecule has 1 aromatic carbocycles. The molecule has 1 N–H and O–H groups in total. The fourth-order valence-corrected chi connectivity index (χ4v) is 4.66. The first-order chi connectivity index (χ1) is 14.5. The van der Waals surface area contributed by atoms with Gasteiger partial charge in [0, 0.05) is 17.5 Å². The number of allylic oxidation sites excluding steroid dienone is 1. The largest absolute Gasteiger partial charge is 0.497 e. The Morgan fingerprint density at radius 2 is 2.13 bits per heavy atom. The summed E-state index contributed by atoms with van der Waals surface area (Å²) >= 11 is 2.72. The van der Waals surface area contributed by atoms with E-state index in [9.17, 15) is 9.59 Å². The van der Waals surface area contributed by atoms with E-state index in [4.69, 9.17) is 9.47 Å². The molecule has 0 aliphatic rings. The van der Waals surface area contributed by atoms with Crippen LogP contribution in [-0.2, 0) is 17.8 Å². The average molecular weight is 446 g/mol. The van der Waals surface area contributed by atoms with Crippen molar-refractivity contribution in [3.63, 3.8) is 0 Å². The molecule has 0 aliphatic carbocycles. The molecule has 0 radical (unpaired) electrons. The number of nitrogens with one attached hydrogen (secondary N) is 1. The number of amides is 1. The maximum absolute atomic E-state index is 12.9. The first-order valence-electron chi connectivity index (χ1n) is 9.29. The molecule has 7 nitrogen and oxygen atoms in total. The second kappa shape index (κ2) is 9.82. The smallest absolute Gasteiger partial charge is 0.263 e. The Morgan fingerprint density at radius 1 is 1.33 bits per heavy atom. The summed E-state index contributed by atoms with van der Waals surface area (Å²) < 4.78 is 12.0. The second-order valence-corrected chi connectivity index (χ2v) is 8.34. The molecular weight excluding hydrogens is 422 g/mol. The Hall–Kier alpha value is -2.78. The summed E-state index contributed by atoms with van der Waals surface area (Å²) in [5.74, 6) is 0.994. The maximum atomic E-state index is 12.9. The lowest BCUT2D eigenvalue weighted by Crippen LogP contribution is -2.23. The van der Waals surface area contributed by atoms with Gasteiger partial charge in [-0.3, -0.25) is 14.2 Å². The number of ether oxygens (including phenoxy) is 2. The molecule has 0 atom stereocenters. The highest BCUT2D eigenvalue weighted by Crippen LogP contribution is 2.30. The third-order valence-electron chi connectivity index (χ3n) is 4.34. The molecule has 30 heavy (non-hydrogen) atoms. The molecule has 1 amide bonds. The molecule has 0 bridgehead atoms. The zero-order chi connectivity index (χ0) is 21.7. The van der Waals surface area contributed by atoms with Crippen molar-refractivity contribution in [3.05, 3.63) is 52.2 Å². The number of rotatable bonds is 9. The third kappa shape index (κ3) is 4.68. The number of carbonyl (C=O) groups excluding carboxylic acids is 1. The van der Waals surface area contributed by atoms with Gasteiger partial charge in [0.25, 0.3) is 5.56 Å². The number of hydrogen-bond acceptors (Lipinski definition) is 7. The number of thiophene rings is 1. The summed E-state index contributed by atoms with van der Waals surface area (Å²) in [5.41, 5.74) is 0.428. The summed E-state index contributed by atoms with van der Waals surface area (Å²) in [6, 6.07) is 7.05. The number of hydrogen-bond donors (Lipinski definition) is 1. The molecule has 158 valence electrons. The van der Waals surface area contributed by atoms with Gasteiger partial charge >= 0.3 is 0 Å². The third-order valence-corrected chi connectivity index (χ3v) is 6.49. The van der Waals surface area contributed by atoms with Gasteiger partial charge in [0.1, 0.15) is 16.3 Å². The average Bonchev–Trinajstić information content (AvgIpc) is 3.18. The van der Waals surface area contributed by atoms with E-state index in [1.807, 2.05) is 13.0 Å². The first-order valence-corrected chi connectivity index (χ1v) is 11.1. The van der Waals surface area contributed by atoms with Crippen molar-refractivity contribution in [2.75, 3.05) is 25.3 Å². The highest BCUT2D eigenvalue weighted by atomic mass is 32.2. The summed E-state index contributed by atoms with van der Waals surface area (Å²) in [6.07, 6.45) is 2.49. The Bertz CT molecular complexity index is 1140. The van der Waals surface area contributed by atoms with Crippen LogP contribution in [0.25, 0.3) is 10.2 Å². The minimum absolute atomic E-state index is 0.0935. The molecule has 0 unspecified atom stereocenters. The number of aryl methyl sites for hydroxylation is 1. The molecule has 0 fully saturated rings. The van der Waals surface area contributed by atoms with Crippen LogP contribution in [0.15, 0.2) is 46.9 Å². The summed E-state index contributed by atoms with van der Waals surface area (Å²) in [6.45, 7) is 6.10. The van der Waals surface area contributed by atoms with Crippen LogP contribution in [0, 0.1) is 0 Å². The van der Waals surface area contributed by atoms with Gasteiger partial charge in [0.2, 0.25) is 5.91 Å². The molecule has 2 aromatic heterocycles. The number of carbonyl (C=O) groups is 1. The Labute approximate surface area is 182 Å². The Morgan fingerprint density at radius 3 is 2.80 bits per heavy atom. The Balaban J connectivity index is 1.81. The van der Waals surface area contributed by atoms with E-state index in [2.05, 4.69) is 16.9 Å². The fraction of sp³-hybridized carbons (Fsp3) is 0.286. The van der Waals surface area contributed by atoms with Crippen LogP contribution in [0.1, 0.15) is 11.8 Å². The zero-order valence-corrected chi connectivity index (χ0v) is 18.7. The maximum Gasteiger partial charge on any atom is 0.263 e. The van der Waals surface area contributed by atoms with Gasteiger partial charge in [-0.1, -0.05) is 24.8 Å². The molecule has 0 spiro atoms. The van der Waals surface area contributed by atoms with Crippen molar-refractivity contribution < 1.29 is 14.3 Å². The summed E-state index contributed by atoms with van der Waals surface area (Å²) in [7, 11) is 3.09. The van der Waals surface area contributed by atoms with Crippen molar-refractivity contribution in [1.29, 1.82) is 0 Å². The van der Waals surface area contributed by atoms with Crippen molar-refractivity contribution >= 4 is 44.9 Å². The van der Waals surface area contributed by atoms with Crippen molar-refractivity contribution in [3.8, 4) is 11.5 Å². The number of aromatic nitrogens is 2. The van der Waals surface area contributed by atoms with Crippen molar-refractivity contribution in [1.82, 2.24) is 9.55 Å². The standard InChI is InChI=1S/C21H23N3O4S2/c1-5-9-24-20(26)15-11-14(6-2)30-19(15)23-21(24)29-12-18(25)22-16-8-7-13(27-3)10-17(16)28-4/h5,7-8,10-11H,1,6,9,12H2,2-4H3,(H,22,25). The number of anilines is 1. The topological polar surface area (TPSA) is 82.5 Å². The van der Waals surface area contributed by atoms with Gasteiger partial charge < -0.3 is 14.8 Å². The molecule has 3 aromatic rings. The van der Waals surface area contributed by atoms with E-state index < -0.39 is 0 Å². The van der Waals surface area contributed by atoms with Gasteiger partial charge in [-0.05, 0) is 24.6 Å². The molecule has 3 rings (SSSR count). The minimum atomic E-state index is -0.233. The number of thioether (sulfide) groups is 1. The van der Waals surface area contributed by atoms with Crippen LogP contribution in [0.5, 0.6) is 11.5 Å². The molecule has 2 heterocycles. The van der Waals surface area contributed by atoms with Gasteiger partial charge in [-0.25, -0.2) is 4.98 Å². The second-order valence-electron chi connectivity index (χ2n) is 6.29. The van der Waals surface area contributed by atoms with Crippen LogP contribution in [0.3, 0.4) is 0 Å². The number of benzene rings is 1. The predicted octanol–water partition coefficient (Wildman–Crippen LogP) is 3.95. The first kappa shape index (κ1) is 21.9. The van der Waals surface area contributed by atoms with Crippen molar-refractivity contribution in [2.24, 2.45) is 0 Å². The van der Waals surface area contributed by atoms with E-state index in [-0.39, 0.29) is 17.2 Å². The molecule has 0 saturated carbocycles. The van der Waals surface area contributed by atoms with E-state index >= 15 is 0 Å². The molecule has 9 heteroatoms. The van der Waals surface area contributed by atoms with Gasteiger partial charge in [0.05, 0.1) is 31.0 Å². The summed E-state index contributed by atoms with van der Waals surface area (Å²) in [5, 5.41) is 3.93. The molecule has 0 aliphatic heterocycles. The lowest BCUT2D eigenvalue weighted by molar-refractivity contribution is -0.113. The van der Waals surface area contributed by atoms with Crippen molar-refractivity contribution in [2.45, 2.75) is 25.0 Å². The quantitative estimate of drug-likeness (QED) is 0.305. The lowest BCUT2D eigenvalue weighted by Gasteiger charge is -2.12. The zero-order valence-electron chi connectivity index (χ0n) is 17.1. The van der Waals surface area contributed by atoms with Gasteiger partial charge in [0.15, 0.2) is 5.16 Å². The van der Waals surface area contributed by atoms with Crippen LogP contribution >= 0.6 is 23.1 Å². The number of methoxy groups -OCH3 is 2. The highest BCUT2D eigenvalue weighted by Gasteiger charge is 2.16. The van der Waals surface area contributed by atoms with Gasteiger partial charge in [-0.2, -0.15) is 0 Å².